The first-order chi connectivity index (χ1) is 15.2. The fourth-order valence-electron chi connectivity index (χ4n) is 4.66. The molecular formula is C27H26N2O2. The summed E-state index contributed by atoms with van der Waals surface area (Å²) in [5, 5.41) is 7.23. The van der Waals surface area contributed by atoms with E-state index in [0.717, 1.165) is 28.4 Å². The van der Waals surface area contributed by atoms with Crippen molar-refractivity contribution in [3.63, 3.8) is 0 Å². The summed E-state index contributed by atoms with van der Waals surface area (Å²) in [4.78, 5) is 13.6. The van der Waals surface area contributed by atoms with Crippen molar-refractivity contribution in [2.45, 2.75) is 25.3 Å². The van der Waals surface area contributed by atoms with Crippen LogP contribution in [0.25, 0.3) is 0 Å². The lowest BCUT2D eigenvalue weighted by atomic mass is 9.76. The number of benzene rings is 3. The van der Waals surface area contributed by atoms with E-state index < -0.39 is 0 Å². The largest absolute Gasteiger partial charge is 0.494 e. The van der Waals surface area contributed by atoms with Crippen LogP contribution in [0.1, 0.15) is 36.4 Å². The van der Waals surface area contributed by atoms with Crippen LogP contribution in [0.3, 0.4) is 0 Å². The molecule has 0 saturated carbocycles. The molecule has 3 atom stereocenters. The maximum absolute atomic E-state index is 13.6. The molecule has 5 rings (SSSR count). The van der Waals surface area contributed by atoms with Gasteiger partial charge in [0.15, 0.2) is 0 Å². The first kappa shape index (κ1) is 19.4. The third kappa shape index (κ3) is 3.81. The average molecular weight is 411 g/mol. The molecule has 0 aromatic heterocycles. The lowest BCUT2D eigenvalue weighted by Crippen LogP contribution is -2.33. The SMILES string of the molecule is CCOc1cccc(C2Nc3ccccc3NC3=CC(c4ccccc4)CC(=O)C32)c1. The summed E-state index contributed by atoms with van der Waals surface area (Å²) in [5.74, 6) is 0.853. The normalized spacial score (nSPS) is 22.2. The molecule has 2 aliphatic rings. The molecule has 0 bridgehead atoms. The second-order valence-electron chi connectivity index (χ2n) is 8.09. The molecule has 0 amide bonds. The Labute approximate surface area is 183 Å². The number of allylic oxidation sites excluding steroid dienone is 1. The number of carbonyl (C=O) groups is 1. The minimum absolute atomic E-state index is 0.0770. The summed E-state index contributed by atoms with van der Waals surface area (Å²) in [6, 6.07) is 26.3. The number of carbonyl (C=O) groups excluding carboxylic acids is 1. The molecular weight excluding hydrogens is 384 g/mol. The Kier molecular flexibility index (Phi) is 5.21. The Morgan fingerprint density at radius 1 is 0.903 bits per heavy atom. The van der Waals surface area contributed by atoms with Gasteiger partial charge in [-0.3, -0.25) is 4.79 Å². The second kappa shape index (κ2) is 8.31. The van der Waals surface area contributed by atoms with Crippen molar-refractivity contribution in [3.8, 4) is 5.75 Å². The van der Waals surface area contributed by atoms with Crippen LogP contribution in [-0.2, 0) is 4.79 Å². The molecule has 1 aliphatic carbocycles. The minimum Gasteiger partial charge on any atom is -0.494 e. The minimum atomic E-state index is -0.288. The fourth-order valence-corrected chi connectivity index (χ4v) is 4.66. The molecule has 1 heterocycles. The highest BCUT2D eigenvalue weighted by atomic mass is 16.5. The van der Waals surface area contributed by atoms with Crippen LogP contribution in [0, 0.1) is 5.92 Å². The van der Waals surface area contributed by atoms with Gasteiger partial charge in [-0.1, -0.05) is 60.7 Å². The summed E-state index contributed by atoms with van der Waals surface area (Å²) >= 11 is 0. The average Bonchev–Trinajstić information content (AvgIpc) is 2.97. The van der Waals surface area contributed by atoms with Crippen LogP contribution in [-0.4, -0.2) is 12.4 Å². The number of fused-ring (bicyclic) bond motifs is 2. The molecule has 3 aromatic rings. The van der Waals surface area contributed by atoms with E-state index in [4.69, 9.17) is 4.74 Å². The summed E-state index contributed by atoms with van der Waals surface area (Å²) in [6.45, 7) is 2.59. The summed E-state index contributed by atoms with van der Waals surface area (Å²) in [7, 11) is 0. The Bertz CT molecular complexity index is 1120. The molecule has 3 unspecified atom stereocenters. The van der Waals surface area contributed by atoms with Crippen LogP contribution in [0.4, 0.5) is 11.4 Å². The van der Waals surface area contributed by atoms with E-state index >= 15 is 0 Å². The van der Waals surface area contributed by atoms with Crippen molar-refractivity contribution in [2.24, 2.45) is 5.92 Å². The number of para-hydroxylation sites is 2. The van der Waals surface area contributed by atoms with Crippen LogP contribution >= 0.6 is 0 Å². The Morgan fingerprint density at radius 2 is 1.65 bits per heavy atom. The summed E-state index contributed by atoms with van der Waals surface area (Å²) in [6.07, 6.45) is 2.74. The lowest BCUT2D eigenvalue weighted by Gasteiger charge is -2.32. The van der Waals surface area contributed by atoms with Gasteiger partial charge in [0.25, 0.3) is 0 Å². The van der Waals surface area contributed by atoms with Gasteiger partial charge in [-0.2, -0.15) is 0 Å². The zero-order valence-corrected chi connectivity index (χ0v) is 17.5. The molecule has 156 valence electrons. The Morgan fingerprint density at radius 3 is 2.45 bits per heavy atom. The van der Waals surface area contributed by atoms with Gasteiger partial charge in [-0.25, -0.2) is 0 Å². The predicted octanol–water partition coefficient (Wildman–Crippen LogP) is 5.92. The standard InChI is InChI=1S/C27H26N2O2/c1-2-31-21-12-8-11-19(15-21)27-26-24(28-22-13-6-7-14-23(22)29-27)16-20(17-25(26)30)18-9-4-3-5-10-18/h3-16,20,26-29H,2,17H2,1H3. The van der Waals surface area contributed by atoms with E-state index in [1.807, 2.05) is 55.5 Å². The number of nitrogens with one attached hydrogen (secondary N) is 2. The number of ketones is 1. The maximum atomic E-state index is 13.6. The quantitative estimate of drug-likeness (QED) is 0.560. The smallest absolute Gasteiger partial charge is 0.145 e. The van der Waals surface area contributed by atoms with E-state index in [1.165, 1.54) is 5.56 Å². The van der Waals surface area contributed by atoms with Gasteiger partial charge in [0.05, 0.1) is 29.9 Å². The van der Waals surface area contributed by atoms with E-state index in [0.29, 0.717) is 13.0 Å². The van der Waals surface area contributed by atoms with E-state index in [1.54, 1.807) is 0 Å². The first-order valence-corrected chi connectivity index (χ1v) is 10.9. The van der Waals surface area contributed by atoms with Crippen molar-refractivity contribution >= 4 is 17.2 Å². The number of rotatable bonds is 4. The maximum Gasteiger partial charge on any atom is 0.145 e. The molecule has 4 heteroatoms. The molecule has 0 fully saturated rings. The molecule has 3 aromatic carbocycles. The van der Waals surface area contributed by atoms with E-state index in [2.05, 4.69) is 47.0 Å². The van der Waals surface area contributed by atoms with E-state index in [9.17, 15) is 4.79 Å². The summed E-state index contributed by atoms with van der Waals surface area (Å²) in [5.41, 5.74) is 5.17. The van der Waals surface area contributed by atoms with Gasteiger partial charge >= 0.3 is 0 Å². The fraction of sp³-hybridized carbons (Fsp3) is 0.222. The molecule has 0 saturated heterocycles. The molecule has 0 spiro atoms. The zero-order valence-electron chi connectivity index (χ0n) is 17.5. The highest BCUT2D eigenvalue weighted by Crippen LogP contribution is 2.44. The summed E-state index contributed by atoms with van der Waals surface area (Å²) < 4.78 is 5.73. The third-order valence-electron chi connectivity index (χ3n) is 6.09. The van der Waals surface area contributed by atoms with Crippen LogP contribution in [0.2, 0.25) is 0 Å². The number of hydrogen-bond donors (Lipinski definition) is 2. The van der Waals surface area contributed by atoms with Gasteiger partial charge in [-0.15, -0.1) is 0 Å². The number of ether oxygens (including phenoxy) is 1. The van der Waals surface area contributed by atoms with E-state index in [-0.39, 0.29) is 23.7 Å². The van der Waals surface area contributed by atoms with Crippen LogP contribution in [0.15, 0.2) is 90.6 Å². The lowest BCUT2D eigenvalue weighted by molar-refractivity contribution is -0.122. The van der Waals surface area contributed by atoms with Crippen molar-refractivity contribution in [2.75, 3.05) is 17.2 Å². The number of Topliss-reactive ketones (excluding diaryl/α,β-unsaturated/α-hetero) is 1. The number of anilines is 2. The van der Waals surface area contributed by atoms with Gasteiger partial charge < -0.3 is 15.4 Å². The molecule has 4 nitrogen and oxygen atoms in total. The van der Waals surface area contributed by atoms with Gasteiger partial charge in [0.1, 0.15) is 11.5 Å². The van der Waals surface area contributed by atoms with Crippen molar-refractivity contribution < 1.29 is 9.53 Å². The Hall–Kier alpha value is -3.53. The highest BCUT2D eigenvalue weighted by Gasteiger charge is 2.39. The monoisotopic (exact) mass is 410 g/mol. The second-order valence-corrected chi connectivity index (χ2v) is 8.09. The highest BCUT2D eigenvalue weighted by molar-refractivity contribution is 5.90. The molecule has 0 radical (unpaired) electrons. The zero-order chi connectivity index (χ0) is 21.2. The van der Waals surface area contributed by atoms with Gasteiger partial charge in [-0.05, 0) is 42.3 Å². The molecule has 1 aliphatic heterocycles. The van der Waals surface area contributed by atoms with Crippen molar-refractivity contribution in [3.05, 3.63) is 102 Å². The van der Waals surface area contributed by atoms with Crippen LogP contribution in [0.5, 0.6) is 5.75 Å². The third-order valence-corrected chi connectivity index (χ3v) is 6.09. The van der Waals surface area contributed by atoms with Crippen LogP contribution < -0.4 is 15.4 Å². The first-order valence-electron chi connectivity index (χ1n) is 10.9. The molecule has 31 heavy (non-hydrogen) atoms. The van der Waals surface area contributed by atoms with Gasteiger partial charge in [0.2, 0.25) is 0 Å². The van der Waals surface area contributed by atoms with Crippen molar-refractivity contribution in [1.29, 1.82) is 0 Å². The Balaban J connectivity index is 1.61. The number of hydrogen-bond acceptors (Lipinski definition) is 4. The topological polar surface area (TPSA) is 50.4 Å². The molecule has 2 N–H and O–H groups in total. The van der Waals surface area contributed by atoms with Crippen molar-refractivity contribution in [1.82, 2.24) is 0 Å². The van der Waals surface area contributed by atoms with Gasteiger partial charge in [0, 0.05) is 18.0 Å². The predicted molar refractivity (Wildman–Crippen MR) is 124 cm³/mol.